The van der Waals surface area contributed by atoms with Crippen LogP contribution in [0.25, 0.3) is 0 Å². The van der Waals surface area contributed by atoms with Gasteiger partial charge in [-0.1, -0.05) is 13.8 Å². The van der Waals surface area contributed by atoms with E-state index < -0.39 is 17.9 Å². The van der Waals surface area contributed by atoms with Gasteiger partial charge >= 0.3 is 5.97 Å². The van der Waals surface area contributed by atoms with Crippen LogP contribution in [0.2, 0.25) is 0 Å². The topological polar surface area (TPSA) is 92.4 Å². The fourth-order valence-electron chi connectivity index (χ4n) is 0.980. The van der Waals surface area contributed by atoms with Gasteiger partial charge < -0.3 is 16.2 Å². The Labute approximate surface area is 83.7 Å². The lowest BCUT2D eigenvalue weighted by Crippen LogP contribution is -2.42. The first kappa shape index (κ1) is 12.9. The highest BCUT2D eigenvalue weighted by Crippen LogP contribution is 2.09. The molecule has 1 amide bonds. The number of rotatable bonds is 5. The number of carbonyl (C=O) groups excluding carboxylic acids is 1. The van der Waals surface area contributed by atoms with Gasteiger partial charge in [-0.25, -0.2) is 0 Å². The molecule has 14 heavy (non-hydrogen) atoms. The van der Waals surface area contributed by atoms with Crippen LogP contribution in [0, 0.1) is 11.8 Å². The van der Waals surface area contributed by atoms with Crippen molar-refractivity contribution in [3.05, 3.63) is 0 Å². The van der Waals surface area contributed by atoms with Crippen molar-refractivity contribution in [2.75, 3.05) is 6.54 Å². The molecule has 0 aromatic heterocycles. The van der Waals surface area contributed by atoms with Crippen LogP contribution in [0.15, 0.2) is 0 Å². The van der Waals surface area contributed by atoms with Crippen LogP contribution in [-0.2, 0) is 9.59 Å². The van der Waals surface area contributed by atoms with E-state index in [4.69, 9.17) is 10.8 Å². The maximum absolute atomic E-state index is 11.1. The van der Waals surface area contributed by atoms with E-state index in [2.05, 4.69) is 5.32 Å². The van der Waals surface area contributed by atoms with Gasteiger partial charge in [0.1, 0.15) is 0 Å². The molecule has 0 aromatic rings. The van der Waals surface area contributed by atoms with Gasteiger partial charge in [0.15, 0.2) is 0 Å². The summed E-state index contributed by atoms with van der Waals surface area (Å²) in [6.45, 7) is 5.29. The van der Waals surface area contributed by atoms with Crippen LogP contribution in [0.1, 0.15) is 20.8 Å². The summed E-state index contributed by atoms with van der Waals surface area (Å²) in [6.07, 6.45) is 0. The SMILES string of the molecule is CC(N)C(=O)NCC(C(=O)O)C(C)C. The highest BCUT2D eigenvalue weighted by atomic mass is 16.4. The van der Waals surface area contributed by atoms with Crippen LogP contribution >= 0.6 is 0 Å². The number of nitrogens with two attached hydrogens (primary N) is 1. The molecule has 2 atom stereocenters. The second-order valence-corrected chi connectivity index (χ2v) is 3.72. The Morgan fingerprint density at radius 2 is 1.86 bits per heavy atom. The van der Waals surface area contributed by atoms with Crippen molar-refractivity contribution in [2.24, 2.45) is 17.6 Å². The molecule has 5 heteroatoms. The van der Waals surface area contributed by atoms with Gasteiger partial charge in [0.05, 0.1) is 12.0 Å². The molecule has 0 spiro atoms. The quantitative estimate of drug-likeness (QED) is 0.576. The fourth-order valence-corrected chi connectivity index (χ4v) is 0.980. The van der Waals surface area contributed by atoms with E-state index in [9.17, 15) is 9.59 Å². The number of amides is 1. The first-order valence-electron chi connectivity index (χ1n) is 4.62. The van der Waals surface area contributed by atoms with Crippen molar-refractivity contribution in [2.45, 2.75) is 26.8 Å². The summed E-state index contributed by atoms with van der Waals surface area (Å²) < 4.78 is 0. The predicted molar refractivity (Wildman–Crippen MR) is 52.6 cm³/mol. The van der Waals surface area contributed by atoms with Crippen molar-refractivity contribution in [1.82, 2.24) is 5.32 Å². The molecule has 0 rings (SSSR count). The van der Waals surface area contributed by atoms with Crippen molar-refractivity contribution in [3.8, 4) is 0 Å². The Morgan fingerprint density at radius 1 is 1.36 bits per heavy atom. The van der Waals surface area contributed by atoms with Gasteiger partial charge in [-0.15, -0.1) is 0 Å². The zero-order valence-electron chi connectivity index (χ0n) is 8.78. The van der Waals surface area contributed by atoms with Crippen molar-refractivity contribution in [3.63, 3.8) is 0 Å². The zero-order chi connectivity index (χ0) is 11.3. The molecule has 0 saturated heterocycles. The van der Waals surface area contributed by atoms with Gasteiger partial charge in [-0.05, 0) is 12.8 Å². The number of aliphatic carboxylic acids is 1. The average molecular weight is 202 g/mol. The van der Waals surface area contributed by atoms with Gasteiger partial charge in [0.25, 0.3) is 0 Å². The molecule has 0 aliphatic carbocycles. The molecule has 0 aliphatic heterocycles. The molecule has 0 aromatic carbocycles. The number of nitrogens with one attached hydrogen (secondary N) is 1. The molecule has 2 unspecified atom stereocenters. The average Bonchev–Trinajstić information content (AvgIpc) is 2.02. The lowest BCUT2D eigenvalue weighted by Gasteiger charge is -2.17. The number of carboxylic acids is 1. The molecule has 0 aliphatic rings. The van der Waals surface area contributed by atoms with E-state index in [1.807, 2.05) is 0 Å². The van der Waals surface area contributed by atoms with Crippen LogP contribution in [0.5, 0.6) is 0 Å². The number of carboxylic acid groups (broad SMARTS) is 1. The summed E-state index contributed by atoms with van der Waals surface area (Å²) in [4.78, 5) is 21.8. The summed E-state index contributed by atoms with van der Waals surface area (Å²) >= 11 is 0. The van der Waals surface area contributed by atoms with E-state index in [-0.39, 0.29) is 18.4 Å². The number of carbonyl (C=O) groups is 2. The van der Waals surface area contributed by atoms with Gasteiger partial charge in [0.2, 0.25) is 5.91 Å². The van der Waals surface area contributed by atoms with Crippen LogP contribution in [0.3, 0.4) is 0 Å². The Kier molecular flexibility index (Phi) is 5.15. The van der Waals surface area contributed by atoms with Gasteiger partial charge in [-0.3, -0.25) is 9.59 Å². The molecule has 0 radical (unpaired) electrons. The monoisotopic (exact) mass is 202 g/mol. The standard InChI is InChI=1S/C9H18N2O3/c1-5(2)7(9(13)14)4-11-8(12)6(3)10/h5-7H,4,10H2,1-3H3,(H,11,12)(H,13,14). The molecular weight excluding hydrogens is 184 g/mol. The fraction of sp³-hybridized carbons (Fsp3) is 0.778. The largest absolute Gasteiger partial charge is 0.481 e. The maximum atomic E-state index is 11.1. The Morgan fingerprint density at radius 3 is 2.14 bits per heavy atom. The third-order valence-corrected chi connectivity index (χ3v) is 2.03. The molecule has 0 heterocycles. The van der Waals surface area contributed by atoms with E-state index in [1.165, 1.54) is 0 Å². The highest BCUT2D eigenvalue weighted by molar-refractivity contribution is 5.81. The first-order chi connectivity index (χ1) is 6.36. The molecule has 5 nitrogen and oxygen atoms in total. The van der Waals surface area contributed by atoms with Crippen LogP contribution < -0.4 is 11.1 Å². The van der Waals surface area contributed by atoms with Gasteiger partial charge in [0, 0.05) is 6.54 Å². The summed E-state index contributed by atoms with van der Waals surface area (Å²) in [7, 11) is 0. The second kappa shape index (κ2) is 5.59. The summed E-state index contributed by atoms with van der Waals surface area (Å²) in [5.74, 6) is -1.79. The third kappa shape index (κ3) is 4.23. The Hall–Kier alpha value is -1.10. The van der Waals surface area contributed by atoms with Crippen molar-refractivity contribution in [1.29, 1.82) is 0 Å². The molecule has 0 fully saturated rings. The number of hydrogen-bond donors (Lipinski definition) is 3. The highest BCUT2D eigenvalue weighted by Gasteiger charge is 2.22. The number of hydrogen-bond acceptors (Lipinski definition) is 3. The van der Waals surface area contributed by atoms with Crippen molar-refractivity contribution >= 4 is 11.9 Å². The Balaban J connectivity index is 4.08. The van der Waals surface area contributed by atoms with Crippen LogP contribution in [-0.4, -0.2) is 29.6 Å². The third-order valence-electron chi connectivity index (χ3n) is 2.03. The predicted octanol–water partition coefficient (Wildman–Crippen LogP) is -0.193. The maximum Gasteiger partial charge on any atom is 0.308 e. The zero-order valence-corrected chi connectivity index (χ0v) is 8.78. The summed E-state index contributed by atoms with van der Waals surface area (Å²) in [6, 6.07) is -0.600. The van der Waals surface area contributed by atoms with Crippen LogP contribution in [0.4, 0.5) is 0 Å². The summed E-state index contributed by atoms with van der Waals surface area (Å²) in [5, 5.41) is 11.3. The molecule has 82 valence electrons. The Bertz CT molecular complexity index is 214. The summed E-state index contributed by atoms with van der Waals surface area (Å²) in [5.41, 5.74) is 5.31. The van der Waals surface area contributed by atoms with E-state index in [0.29, 0.717) is 0 Å². The molecule has 4 N–H and O–H groups in total. The van der Waals surface area contributed by atoms with E-state index in [0.717, 1.165) is 0 Å². The van der Waals surface area contributed by atoms with E-state index in [1.54, 1.807) is 20.8 Å². The minimum atomic E-state index is -0.898. The first-order valence-corrected chi connectivity index (χ1v) is 4.62. The lowest BCUT2D eigenvalue weighted by atomic mass is 9.96. The molecule has 0 bridgehead atoms. The minimum absolute atomic E-state index is 0.0131. The normalized spacial score (nSPS) is 14.9. The molecular formula is C9H18N2O3. The molecule has 0 saturated carbocycles. The van der Waals surface area contributed by atoms with Crippen molar-refractivity contribution < 1.29 is 14.7 Å². The smallest absolute Gasteiger partial charge is 0.308 e. The minimum Gasteiger partial charge on any atom is -0.481 e. The second-order valence-electron chi connectivity index (χ2n) is 3.72. The van der Waals surface area contributed by atoms with E-state index >= 15 is 0 Å². The lowest BCUT2D eigenvalue weighted by molar-refractivity contribution is -0.143. The van der Waals surface area contributed by atoms with Gasteiger partial charge in [-0.2, -0.15) is 0 Å².